The summed E-state index contributed by atoms with van der Waals surface area (Å²) in [5.74, 6) is -1.80. The molecule has 1 saturated heterocycles. The minimum absolute atomic E-state index is 0.162. The van der Waals surface area contributed by atoms with Gasteiger partial charge in [0.1, 0.15) is 17.7 Å². The molecule has 3 amide bonds. The monoisotopic (exact) mass is 783 g/mol. The van der Waals surface area contributed by atoms with E-state index in [1.165, 1.54) is 11.3 Å². The maximum Gasteiger partial charge on any atom is 0.274 e. The average molecular weight is 785 g/mol. The molecule has 1 aromatic heterocycles. The van der Waals surface area contributed by atoms with Gasteiger partial charge in [0.05, 0.1) is 27.6 Å². The highest BCUT2D eigenvalue weighted by molar-refractivity contribution is 9.10. The number of fused-ring (bicyclic) bond motifs is 3. The van der Waals surface area contributed by atoms with Crippen molar-refractivity contribution in [3.63, 3.8) is 0 Å². The lowest BCUT2D eigenvalue weighted by atomic mass is 10.0. The van der Waals surface area contributed by atoms with Gasteiger partial charge in [0, 0.05) is 23.4 Å². The molecule has 3 fully saturated rings. The smallest absolute Gasteiger partial charge is 0.274 e. The lowest BCUT2D eigenvalue weighted by molar-refractivity contribution is -0.141. The number of nitrogens with one attached hydrogen (secondary N) is 3. The number of allylic oxidation sites excluding steroid dienone is 1. The molecule has 50 heavy (non-hydrogen) atoms. The van der Waals surface area contributed by atoms with Crippen LogP contribution in [0.3, 0.4) is 0 Å². The lowest BCUT2D eigenvalue weighted by Crippen LogP contribution is -2.58. The number of carbonyl (C=O) groups excluding carboxylic acids is 3. The Kier molecular flexibility index (Phi) is 9.83. The molecule has 2 aromatic carbocycles. The number of benzene rings is 2. The zero-order chi connectivity index (χ0) is 35.1. The Labute approximate surface area is 304 Å². The first-order valence-electron chi connectivity index (χ1n) is 17.3. The van der Waals surface area contributed by atoms with Gasteiger partial charge in [-0.25, -0.2) is 13.4 Å². The third-order valence-corrected chi connectivity index (χ3v) is 14.0. The second kappa shape index (κ2) is 14.0. The number of nitrogens with zero attached hydrogens (tertiary/aromatic N) is 2. The number of amides is 3. The van der Waals surface area contributed by atoms with Crippen LogP contribution in [-0.4, -0.2) is 71.0 Å². The molecule has 5 atom stereocenters. The Morgan fingerprint density at radius 2 is 1.94 bits per heavy atom. The number of halogens is 1. The van der Waals surface area contributed by atoms with Gasteiger partial charge in [-0.3, -0.25) is 19.1 Å². The molecule has 11 nitrogen and oxygen atoms in total. The van der Waals surface area contributed by atoms with Crippen LogP contribution >= 0.6 is 27.3 Å². The van der Waals surface area contributed by atoms with Crippen molar-refractivity contribution in [2.75, 3.05) is 6.54 Å². The summed E-state index contributed by atoms with van der Waals surface area (Å²) in [5, 5.41) is 6.86. The van der Waals surface area contributed by atoms with Crippen molar-refractivity contribution in [3.05, 3.63) is 70.7 Å². The van der Waals surface area contributed by atoms with Crippen molar-refractivity contribution in [1.29, 1.82) is 0 Å². The van der Waals surface area contributed by atoms with E-state index in [2.05, 4.69) is 36.3 Å². The lowest BCUT2D eigenvalue weighted by Gasteiger charge is -2.30. The molecule has 4 aliphatic rings. The average Bonchev–Trinajstić information content (AvgIpc) is 3.90. The zero-order valence-electron chi connectivity index (χ0n) is 27.9. The Morgan fingerprint density at radius 1 is 1.14 bits per heavy atom. The molecule has 0 radical (unpaired) electrons. The fraction of sp³-hybridized carbons (Fsp3) is 0.500. The minimum atomic E-state index is -3.93. The summed E-state index contributed by atoms with van der Waals surface area (Å²) in [6.45, 7) is 2.27. The van der Waals surface area contributed by atoms with Crippen LogP contribution in [0.2, 0.25) is 0 Å². The topological polar surface area (TPSA) is 147 Å². The standard InChI is InChI=1S/C36H42BrN5O6S2/c1-35(16-17-35)50(46,47)41-33(45)36-20-24(36)12-8-3-2-4-9-13-28(38-21-23-10-6-5-7-11-23)32(44)42-22-26(19-29(42)31(43)40-36)48-34-39-27-15-14-25(37)18-30(27)49-34/h5-8,10-12,14-15,18,24,26,28-29,38H,2-4,9,13,16-17,19-22H2,1H3,(H,40,43)(H,41,45)/b12-8-/t24-,26+,28-,29-,36+/m0/s1. The zero-order valence-corrected chi connectivity index (χ0v) is 31.1. The van der Waals surface area contributed by atoms with E-state index in [1.807, 2.05) is 60.7 Å². The van der Waals surface area contributed by atoms with Crippen LogP contribution in [0.1, 0.15) is 70.3 Å². The molecule has 0 unspecified atom stereocenters. The van der Waals surface area contributed by atoms with Gasteiger partial charge in [-0.05, 0) is 69.2 Å². The molecule has 266 valence electrons. The minimum Gasteiger partial charge on any atom is -0.465 e. The summed E-state index contributed by atoms with van der Waals surface area (Å²) < 4.78 is 35.7. The number of rotatable bonds is 8. The van der Waals surface area contributed by atoms with E-state index in [9.17, 15) is 22.8 Å². The van der Waals surface area contributed by atoms with Crippen molar-refractivity contribution in [1.82, 2.24) is 25.2 Å². The van der Waals surface area contributed by atoms with E-state index in [1.54, 1.807) is 11.8 Å². The van der Waals surface area contributed by atoms with Crippen molar-refractivity contribution in [2.45, 2.75) is 99.7 Å². The molecule has 2 saturated carbocycles. The van der Waals surface area contributed by atoms with E-state index in [0.29, 0.717) is 31.0 Å². The van der Waals surface area contributed by atoms with Gasteiger partial charge < -0.3 is 20.3 Å². The molecular weight excluding hydrogens is 742 g/mol. The van der Waals surface area contributed by atoms with Crippen LogP contribution in [0, 0.1) is 5.92 Å². The van der Waals surface area contributed by atoms with Crippen LogP contribution in [0.4, 0.5) is 0 Å². The highest BCUT2D eigenvalue weighted by Crippen LogP contribution is 2.47. The quantitative estimate of drug-likeness (QED) is 0.272. The molecule has 0 bridgehead atoms. The van der Waals surface area contributed by atoms with Crippen molar-refractivity contribution < 1.29 is 27.5 Å². The van der Waals surface area contributed by atoms with Gasteiger partial charge in [0.25, 0.3) is 11.1 Å². The number of carbonyl (C=O) groups is 3. The molecule has 3 heterocycles. The Hall–Kier alpha value is -3.33. The molecule has 0 spiro atoms. The maximum atomic E-state index is 14.5. The van der Waals surface area contributed by atoms with Crippen LogP contribution in [0.5, 0.6) is 5.19 Å². The van der Waals surface area contributed by atoms with Crippen LogP contribution in [0.15, 0.2) is 65.2 Å². The largest absolute Gasteiger partial charge is 0.465 e. The van der Waals surface area contributed by atoms with Crippen molar-refractivity contribution in [3.8, 4) is 5.19 Å². The summed E-state index contributed by atoms with van der Waals surface area (Å²) >= 11 is 4.89. The fourth-order valence-electron chi connectivity index (χ4n) is 6.91. The van der Waals surface area contributed by atoms with Gasteiger partial charge in [-0.1, -0.05) is 82.6 Å². The molecule has 7 rings (SSSR count). The second-order valence-electron chi connectivity index (χ2n) is 14.2. The van der Waals surface area contributed by atoms with E-state index in [0.717, 1.165) is 45.9 Å². The van der Waals surface area contributed by atoms with Crippen LogP contribution in [0.25, 0.3) is 10.2 Å². The summed E-state index contributed by atoms with van der Waals surface area (Å²) in [6.07, 6.45) is 8.85. The highest BCUT2D eigenvalue weighted by Gasteiger charge is 2.63. The van der Waals surface area contributed by atoms with Crippen LogP contribution < -0.4 is 20.1 Å². The van der Waals surface area contributed by atoms with Crippen LogP contribution in [-0.2, 0) is 31.0 Å². The first kappa shape index (κ1) is 35.1. The van der Waals surface area contributed by atoms with E-state index in [-0.39, 0.29) is 31.2 Å². The van der Waals surface area contributed by atoms with E-state index in [4.69, 9.17) is 4.74 Å². The van der Waals surface area contributed by atoms with Gasteiger partial charge in [0.15, 0.2) is 0 Å². The molecule has 2 aliphatic carbocycles. The molecular formula is C36H42BrN5O6S2. The van der Waals surface area contributed by atoms with E-state index >= 15 is 0 Å². The summed E-state index contributed by atoms with van der Waals surface area (Å²) in [4.78, 5) is 48.7. The highest BCUT2D eigenvalue weighted by atomic mass is 79.9. The molecule has 14 heteroatoms. The number of thiazole rings is 1. The fourth-order valence-corrected chi connectivity index (χ4v) is 9.65. The Morgan fingerprint density at radius 3 is 2.72 bits per heavy atom. The third kappa shape index (κ3) is 7.35. The Balaban J connectivity index is 1.17. The summed E-state index contributed by atoms with van der Waals surface area (Å²) in [7, 11) is -3.93. The Bertz CT molecular complexity index is 1920. The van der Waals surface area contributed by atoms with Gasteiger partial charge in [0.2, 0.25) is 21.8 Å². The van der Waals surface area contributed by atoms with E-state index < -0.39 is 50.3 Å². The number of aromatic nitrogens is 1. The van der Waals surface area contributed by atoms with Gasteiger partial charge in [-0.2, -0.15) is 0 Å². The normalized spacial score (nSPS) is 28.8. The summed E-state index contributed by atoms with van der Waals surface area (Å²) in [6, 6.07) is 14.2. The van der Waals surface area contributed by atoms with Gasteiger partial charge in [-0.15, -0.1) is 0 Å². The third-order valence-electron chi connectivity index (χ3n) is 10.5. The maximum absolute atomic E-state index is 14.5. The first-order valence-corrected chi connectivity index (χ1v) is 20.4. The summed E-state index contributed by atoms with van der Waals surface area (Å²) in [5.41, 5.74) is 0.407. The number of ether oxygens (including phenoxy) is 1. The number of sulfonamides is 1. The van der Waals surface area contributed by atoms with Crippen molar-refractivity contribution in [2.24, 2.45) is 5.92 Å². The molecule has 3 N–H and O–H groups in total. The second-order valence-corrected chi connectivity index (χ2v) is 18.3. The predicted octanol–water partition coefficient (Wildman–Crippen LogP) is 4.96. The molecule has 2 aliphatic heterocycles. The SMILES string of the molecule is CC1(S(=O)(=O)NC(=O)[C@@]23C[C@@H]2/C=C\CCCCC[C@H](NCc2ccccc2)C(=O)N2C[C@H](Oc4nc5ccc(Br)cc5s4)C[C@H]2C(=O)N3)CC1. The van der Waals surface area contributed by atoms with Crippen molar-refractivity contribution >= 4 is 65.2 Å². The first-order chi connectivity index (χ1) is 24.0. The predicted molar refractivity (Wildman–Crippen MR) is 195 cm³/mol. The number of hydrogen-bond donors (Lipinski definition) is 3. The molecule has 3 aromatic rings. The van der Waals surface area contributed by atoms with Gasteiger partial charge >= 0.3 is 0 Å². The number of hydrogen-bond acceptors (Lipinski definition) is 9.